The molecule has 1 rings (SSSR count). The molecule has 0 aliphatic heterocycles. The van der Waals surface area contributed by atoms with E-state index in [9.17, 15) is 4.79 Å². The number of hydrogen-bond donors (Lipinski definition) is 1. The number of nitrogens with zero attached hydrogens (tertiary/aromatic N) is 1. The van der Waals surface area contributed by atoms with Crippen LogP contribution in [-0.2, 0) is 4.79 Å². The molecule has 0 bridgehead atoms. The molecule has 3 nitrogen and oxygen atoms in total. The van der Waals surface area contributed by atoms with Crippen LogP contribution in [0.1, 0.15) is 66.7 Å². The van der Waals surface area contributed by atoms with Crippen molar-refractivity contribution in [3.63, 3.8) is 0 Å². The van der Waals surface area contributed by atoms with Gasteiger partial charge in [0, 0.05) is 31.6 Å². The summed E-state index contributed by atoms with van der Waals surface area (Å²) in [5.41, 5.74) is 0.557. The summed E-state index contributed by atoms with van der Waals surface area (Å²) in [4.78, 5) is 14.2. The van der Waals surface area contributed by atoms with E-state index in [1.807, 2.05) is 11.9 Å². The van der Waals surface area contributed by atoms with E-state index in [-0.39, 0.29) is 11.4 Å². The minimum Gasteiger partial charge on any atom is -0.343 e. The second-order valence-electron chi connectivity index (χ2n) is 7.83. The molecule has 0 radical (unpaired) electrons. The van der Waals surface area contributed by atoms with Gasteiger partial charge in [0.25, 0.3) is 0 Å². The molecule has 0 aromatic rings. The third-order valence-corrected chi connectivity index (χ3v) is 4.24. The first-order valence-electron chi connectivity index (χ1n) is 7.61. The van der Waals surface area contributed by atoms with Crippen LogP contribution in [0, 0.1) is 5.41 Å². The van der Waals surface area contributed by atoms with Gasteiger partial charge in [0.1, 0.15) is 0 Å². The summed E-state index contributed by atoms with van der Waals surface area (Å²) in [7, 11) is 1.97. The second kappa shape index (κ2) is 6.25. The molecule has 1 saturated carbocycles. The van der Waals surface area contributed by atoms with Gasteiger partial charge in [-0.25, -0.2) is 0 Å². The Bertz CT molecular complexity index is 294. The van der Waals surface area contributed by atoms with Gasteiger partial charge < -0.3 is 10.2 Å². The zero-order chi connectivity index (χ0) is 14.7. The molecule has 0 aromatic heterocycles. The fourth-order valence-electron chi connectivity index (χ4n) is 2.70. The van der Waals surface area contributed by atoms with Crippen molar-refractivity contribution < 1.29 is 4.79 Å². The van der Waals surface area contributed by atoms with Crippen LogP contribution in [0.15, 0.2) is 0 Å². The number of hydrogen-bond acceptors (Lipinski definition) is 2. The van der Waals surface area contributed by atoms with E-state index < -0.39 is 0 Å². The molecule has 0 unspecified atom stereocenters. The Labute approximate surface area is 119 Å². The lowest BCUT2D eigenvalue weighted by molar-refractivity contribution is -0.132. The van der Waals surface area contributed by atoms with Crippen molar-refractivity contribution >= 4 is 5.91 Å². The average molecular weight is 268 g/mol. The summed E-state index contributed by atoms with van der Waals surface area (Å²) >= 11 is 0. The van der Waals surface area contributed by atoms with Crippen molar-refractivity contribution in [3.8, 4) is 0 Å². The number of amides is 1. The van der Waals surface area contributed by atoms with Gasteiger partial charge >= 0.3 is 0 Å². The Morgan fingerprint density at radius 1 is 1.26 bits per heavy atom. The molecule has 0 heterocycles. The van der Waals surface area contributed by atoms with Crippen molar-refractivity contribution in [1.29, 1.82) is 0 Å². The maximum absolute atomic E-state index is 12.2. The van der Waals surface area contributed by atoms with Crippen LogP contribution in [0.5, 0.6) is 0 Å². The number of rotatable bonds is 4. The van der Waals surface area contributed by atoms with Crippen LogP contribution in [0.2, 0.25) is 0 Å². The minimum absolute atomic E-state index is 0.0910. The predicted molar refractivity (Wildman–Crippen MR) is 81.2 cm³/mol. The van der Waals surface area contributed by atoms with Crippen molar-refractivity contribution in [2.45, 2.75) is 78.3 Å². The van der Waals surface area contributed by atoms with Crippen LogP contribution in [0.25, 0.3) is 0 Å². The van der Waals surface area contributed by atoms with Crippen molar-refractivity contribution in [1.82, 2.24) is 10.2 Å². The molecule has 0 saturated heterocycles. The van der Waals surface area contributed by atoms with Gasteiger partial charge in [-0.3, -0.25) is 4.79 Å². The Morgan fingerprint density at radius 3 is 2.26 bits per heavy atom. The molecule has 0 spiro atoms. The third kappa shape index (κ3) is 5.94. The van der Waals surface area contributed by atoms with Gasteiger partial charge in [-0.1, -0.05) is 13.8 Å². The lowest BCUT2D eigenvalue weighted by atomic mass is 9.75. The lowest BCUT2D eigenvalue weighted by Crippen LogP contribution is -2.43. The highest BCUT2D eigenvalue weighted by Gasteiger charge is 2.30. The van der Waals surface area contributed by atoms with E-state index in [1.54, 1.807) is 0 Å². The maximum atomic E-state index is 12.2. The highest BCUT2D eigenvalue weighted by molar-refractivity contribution is 5.76. The lowest BCUT2D eigenvalue weighted by Gasteiger charge is -2.38. The van der Waals surface area contributed by atoms with Crippen LogP contribution >= 0.6 is 0 Å². The van der Waals surface area contributed by atoms with Crippen molar-refractivity contribution in [3.05, 3.63) is 0 Å². The first kappa shape index (κ1) is 16.5. The first-order chi connectivity index (χ1) is 8.61. The quantitative estimate of drug-likeness (QED) is 0.849. The topological polar surface area (TPSA) is 32.3 Å². The Kier molecular flexibility index (Phi) is 5.43. The predicted octanol–water partition coefficient (Wildman–Crippen LogP) is 3.19. The molecule has 0 aromatic carbocycles. The summed E-state index contributed by atoms with van der Waals surface area (Å²) in [6.45, 7) is 11.8. The van der Waals surface area contributed by atoms with Crippen molar-refractivity contribution in [2.24, 2.45) is 5.41 Å². The standard InChI is InChI=1S/C16H32N2O/c1-15(2,3)17-12-9-14(19)18(6)13-7-10-16(4,5)11-8-13/h13,17H,7-12H2,1-6H3. The molecule has 1 amide bonds. The molecular formula is C16H32N2O. The summed E-state index contributed by atoms with van der Waals surface area (Å²) in [6.07, 6.45) is 5.38. The molecule has 0 atom stereocenters. The smallest absolute Gasteiger partial charge is 0.223 e. The van der Waals surface area contributed by atoms with E-state index in [2.05, 4.69) is 39.9 Å². The summed E-state index contributed by atoms with van der Waals surface area (Å²) < 4.78 is 0. The van der Waals surface area contributed by atoms with Gasteiger partial charge in [-0.15, -0.1) is 0 Å². The fourth-order valence-corrected chi connectivity index (χ4v) is 2.70. The van der Waals surface area contributed by atoms with Gasteiger partial charge in [0.2, 0.25) is 5.91 Å². The highest BCUT2D eigenvalue weighted by atomic mass is 16.2. The normalized spacial score (nSPS) is 20.3. The Balaban J connectivity index is 2.33. The monoisotopic (exact) mass is 268 g/mol. The van der Waals surface area contributed by atoms with Gasteiger partial charge in [0.05, 0.1) is 0 Å². The molecule has 3 heteroatoms. The van der Waals surface area contributed by atoms with Gasteiger partial charge in [-0.05, 0) is 51.9 Å². The summed E-state index contributed by atoms with van der Waals surface area (Å²) in [5.74, 6) is 0.279. The van der Waals surface area contributed by atoms with E-state index in [0.717, 1.165) is 19.4 Å². The van der Waals surface area contributed by atoms with Crippen LogP contribution < -0.4 is 5.32 Å². The van der Waals surface area contributed by atoms with E-state index in [1.165, 1.54) is 12.8 Å². The Morgan fingerprint density at radius 2 is 1.79 bits per heavy atom. The molecule has 1 fully saturated rings. The average Bonchev–Trinajstić information content (AvgIpc) is 2.26. The summed E-state index contributed by atoms with van der Waals surface area (Å²) in [5, 5.41) is 3.38. The molecule has 1 aliphatic carbocycles. The van der Waals surface area contributed by atoms with Crippen molar-refractivity contribution in [2.75, 3.05) is 13.6 Å². The number of nitrogens with one attached hydrogen (secondary N) is 1. The molecular weight excluding hydrogens is 236 g/mol. The zero-order valence-corrected chi connectivity index (χ0v) is 13.7. The van der Waals surface area contributed by atoms with Gasteiger partial charge in [-0.2, -0.15) is 0 Å². The van der Waals surface area contributed by atoms with Crippen LogP contribution in [0.3, 0.4) is 0 Å². The third-order valence-electron chi connectivity index (χ3n) is 4.24. The van der Waals surface area contributed by atoms with Crippen LogP contribution in [-0.4, -0.2) is 36.0 Å². The van der Waals surface area contributed by atoms with E-state index in [0.29, 0.717) is 17.9 Å². The largest absolute Gasteiger partial charge is 0.343 e. The Hall–Kier alpha value is -0.570. The fraction of sp³-hybridized carbons (Fsp3) is 0.938. The highest BCUT2D eigenvalue weighted by Crippen LogP contribution is 2.36. The van der Waals surface area contributed by atoms with Gasteiger partial charge in [0.15, 0.2) is 0 Å². The van der Waals surface area contributed by atoms with Crippen LogP contribution in [0.4, 0.5) is 0 Å². The van der Waals surface area contributed by atoms with E-state index >= 15 is 0 Å². The SMILES string of the molecule is CN(C(=O)CCNC(C)(C)C)C1CCC(C)(C)CC1. The molecule has 1 aliphatic rings. The zero-order valence-electron chi connectivity index (χ0n) is 13.7. The van der Waals surface area contributed by atoms with E-state index in [4.69, 9.17) is 0 Å². The molecule has 1 N–H and O–H groups in total. The minimum atomic E-state index is 0.0910. The summed E-state index contributed by atoms with van der Waals surface area (Å²) in [6, 6.07) is 0.454. The maximum Gasteiger partial charge on any atom is 0.223 e. The molecule has 19 heavy (non-hydrogen) atoms. The first-order valence-corrected chi connectivity index (χ1v) is 7.61. The number of carbonyl (C=O) groups is 1. The number of carbonyl (C=O) groups excluding carboxylic acids is 1. The second-order valence-corrected chi connectivity index (χ2v) is 7.83. The molecule has 112 valence electrons.